The molecule has 5 N–H and O–H groups in total. The lowest BCUT2D eigenvalue weighted by Crippen LogP contribution is -2.97. The number of fused-ring (bicyclic) bond motifs is 3. The number of ether oxygens (including phenoxy) is 3. The van der Waals surface area contributed by atoms with Crippen LogP contribution in [0, 0.1) is 0 Å². The molecular weight excluding hydrogens is 476 g/mol. The van der Waals surface area contributed by atoms with E-state index < -0.39 is 57.0 Å². The van der Waals surface area contributed by atoms with Gasteiger partial charge in [-0.1, -0.05) is 30.3 Å². The fourth-order valence-electron chi connectivity index (χ4n) is 4.97. The number of phenols is 2. The highest BCUT2D eigenvalue weighted by molar-refractivity contribution is 5.89. The molecule has 6 rings (SSSR count). The Morgan fingerprint density at radius 3 is 2.14 bits per heavy atom. The first-order valence-electron chi connectivity index (χ1n) is 11.0. The Balaban J connectivity index is 1.65. The zero-order chi connectivity index (χ0) is 26.5. The third-order valence-electron chi connectivity index (χ3n) is 7.65. The number of carboxylic acids is 1. The summed E-state index contributed by atoms with van der Waals surface area (Å²) in [6.45, 7) is 4.84. The predicted molar refractivity (Wildman–Crippen MR) is 122 cm³/mol. The van der Waals surface area contributed by atoms with Crippen molar-refractivity contribution < 1.29 is 49.0 Å². The second-order valence-corrected chi connectivity index (χ2v) is 9.64. The molecule has 0 radical (unpaired) electrons. The van der Waals surface area contributed by atoms with Crippen LogP contribution in [-0.4, -0.2) is 59.9 Å². The molecule has 0 aliphatic carbocycles. The Kier molecular flexibility index (Phi) is 4.67. The molecule has 5 atom stereocenters. The molecule has 2 aromatic carbocycles. The van der Waals surface area contributed by atoms with Gasteiger partial charge < -0.3 is 39.4 Å². The largest absolute Gasteiger partial charge is 0.504 e. The third-order valence-corrected chi connectivity index (χ3v) is 7.65. The number of benzene rings is 2. The van der Waals surface area contributed by atoms with Crippen molar-refractivity contribution in [2.24, 2.45) is 0 Å². The maximum atomic E-state index is 12.7. The fraction of sp³-hybridized carbons (Fsp3) is 0.360. The molecule has 0 spiro atoms. The molecule has 1 aromatic heterocycles. The van der Waals surface area contributed by atoms with E-state index in [9.17, 15) is 35.1 Å². The third kappa shape index (κ3) is 2.65. The molecule has 5 unspecified atom stereocenters. The molecule has 36 heavy (non-hydrogen) atoms. The van der Waals surface area contributed by atoms with Crippen LogP contribution in [0.15, 0.2) is 51.7 Å². The number of phenolic OH excluding ortho intramolecular Hbond substituents is 2. The van der Waals surface area contributed by atoms with Gasteiger partial charge in [-0.3, -0.25) is 9.53 Å². The molecule has 11 heteroatoms. The Hall–Kier alpha value is -3.64. The van der Waals surface area contributed by atoms with Crippen molar-refractivity contribution in [3.63, 3.8) is 0 Å². The van der Waals surface area contributed by atoms with Gasteiger partial charge in [0.25, 0.3) is 0 Å². The maximum Gasteiger partial charge on any atom is 0.367 e. The minimum Gasteiger partial charge on any atom is -0.504 e. The maximum absolute atomic E-state index is 12.7. The quantitative estimate of drug-likeness (QED) is 0.331. The lowest BCUT2D eigenvalue weighted by Gasteiger charge is -2.73. The summed E-state index contributed by atoms with van der Waals surface area (Å²) < 4.78 is 22.6. The molecule has 2 bridgehead atoms. The lowest BCUT2D eigenvalue weighted by atomic mass is 9.58. The van der Waals surface area contributed by atoms with Crippen LogP contribution < -0.4 is 10.2 Å². The van der Waals surface area contributed by atoms with E-state index in [1.165, 1.54) is 20.8 Å². The average Bonchev–Trinajstić information content (AvgIpc) is 2.80. The van der Waals surface area contributed by atoms with Gasteiger partial charge in [-0.2, -0.15) is 0 Å². The number of carbonyl (C=O) groups is 1. The van der Waals surface area contributed by atoms with Gasteiger partial charge in [-0.25, -0.2) is 4.79 Å². The molecule has 3 aromatic rings. The van der Waals surface area contributed by atoms with Gasteiger partial charge in [0.1, 0.15) is 22.3 Å². The number of aliphatic hydroxyl groups is 2. The lowest BCUT2D eigenvalue weighted by molar-refractivity contribution is -0.579. The minimum atomic E-state index is -2.60. The molecule has 11 nitrogen and oxygen atoms in total. The Bertz CT molecular complexity index is 1470. The van der Waals surface area contributed by atoms with E-state index in [0.717, 1.165) is 19.1 Å². The van der Waals surface area contributed by atoms with E-state index in [1.807, 2.05) is 0 Å². The van der Waals surface area contributed by atoms with E-state index >= 15 is 0 Å². The molecule has 4 heterocycles. The Morgan fingerprint density at radius 2 is 1.56 bits per heavy atom. The monoisotopic (exact) mass is 500 g/mol. The molecule has 0 amide bonds. The highest BCUT2D eigenvalue weighted by Crippen LogP contribution is 2.65. The molecule has 3 aliphatic rings. The SMILES string of the molecule is CC1(Oc2cc3oc(-c4ccccc4)cc(=O)c3c(O)c2O)OC2(C(=O)O)OC(C)(C1(C)O)C2(C)O. The topological polar surface area (TPSA) is 176 Å². The van der Waals surface area contributed by atoms with Crippen LogP contribution in [0.25, 0.3) is 22.3 Å². The van der Waals surface area contributed by atoms with Gasteiger partial charge in [-0.15, -0.1) is 0 Å². The standard InChI is InChI=1S/C25H24O11/c1-21(31)23(3)22(2,32)25(35-23,20(29)30)36-24(21,4)34-16-11-15-17(19(28)18(16)27)13(26)10-14(33-15)12-8-6-5-7-9-12/h5-11,27-28,31-32H,1-4H3,(H,29,30). The Morgan fingerprint density at radius 1 is 0.917 bits per heavy atom. The van der Waals surface area contributed by atoms with Gasteiger partial charge in [-0.05, 0) is 20.8 Å². The van der Waals surface area contributed by atoms with Crippen molar-refractivity contribution >= 4 is 16.9 Å². The predicted octanol–water partition coefficient (Wildman–Crippen LogP) is 2.07. The van der Waals surface area contributed by atoms with Crippen LogP contribution >= 0.6 is 0 Å². The number of hydrogen-bond acceptors (Lipinski definition) is 10. The smallest absolute Gasteiger partial charge is 0.367 e. The molecule has 190 valence electrons. The highest BCUT2D eigenvalue weighted by atomic mass is 16.9. The van der Waals surface area contributed by atoms with Crippen molar-refractivity contribution in [2.45, 2.75) is 56.1 Å². The number of rotatable bonds is 4. The van der Waals surface area contributed by atoms with Crippen LogP contribution in [0.4, 0.5) is 0 Å². The summed E-state index contributed by atoms with van der Waals surface area (Å²) in [6, 6.07) is 11.0. The van der Waals surface area contributed by atoms with E-state index in [4.69, 9.17) is 18.6 Å². The second-order valence-electron chi connectivity index (χ2n) is 9.64. The average molecular weight is 500 g/mol. The second kappa shape index (κ2) is 6.98. The number of hydrogen-bond donors (Lipinski definition) is 5. The van der Waals surface area contributed by atoms with Crippen LogP contribution in [-0.2, 0) is 14.3 Å². The Labute approximate surface area is 203 Å². The summed E-state index contributed by atoms with van der Waals surface area (Å²) in [5, 5.41) is 53.1. The van der Waals surface area contributed by atoms with Gasteiger partial charge in [0.15, 0.2) is 28.1 Å². The van der Waals surface area contributed by atoms with Crippen LogP contribution in [0.1, 0.15) is 27.7 Å². The minimum absolute atomic E-state index is 0.154. The summed E-state index contributed by atoms with van der Waals surface area (Å²) >= 11 is 0. The normalized spacial score (nSPS) is 35.3. The fourth-order valence-corrected chi connectivity index (χ4v) is 4.97. The van der Waals surface area contributed by atoms with E-state index in [-0.39, 0.29) is 16.7 Å². The van der Waals surface area contributed by atoms with E-state index in [1.54, 1.807) is 30.3 Å². The van der Waals surface area contributed by atoms with Gasteiger partial charge >= 0.3 is 11.8 Å². The van der Waals surface area contributed by atoms with E-state index in [2.05, 4.69) is 0 Å². The highest BCUT2D eigenvalue weighted by Gasteiger charge is 2.90. The van der Waals surface area contributed by atoms with Crippen molar-refractivity contribution in [3.05, 3.63) is 52.7 Å². The first-order chi connectivity index (χ1) is 16.6. The number of carboxylic acid groups (broad SMARTS) is 1. The van der Waals surface area contributed by atoms with Gasteiger partial charge in [0, 0.05) is 24.6 Å². The van der Waals surface area contributed by atoms with Crippen LogP contribution in [0.5, 0.6) is 17.2 Å². The van der Waals surface area contributed by atoms with Crippen LogP contribution in [0.3, 0.4) is 0 Å². The zero-order valence-corrected chi connectivity index (χ0v) is 19.7. The van der Waals surface area contributed by atoms with Crippen molar-refractivity contribution in [3.8, 4) is 28.6 Å². The summed E-state index contributed by atoms with van der Waals surface area (Å²) in [4.78, 5) is 24.8. The van der Waals surface area contributed by atoms with Crippen LogP contribution in [0.2, 0.25) is 0 Å². The number of aliphatic carboxylic acids is 1. The molecule has 0 saturated carbocycles. The summed E-state index contributed by atoms with van der Waals surface area (Å²) in [6.07, 6.45) is 0. The van der Waals surface area contributed by atoms with E-state index in [0.29, 0.717) is 5.56 Å². The van der Waals surface area contributed by atoms with Crippen molar-refractivity contribution in [1.82, 2.24) is 0 Å². The first-order valence-corrected chi connectivity index (χ1v) is 11.0. The zero-order valence-electron chi connectivity index (χ0n) is 19.7. The van der Waals surface area contributed by atoms with Gasteiger partial charge in [0.2, 0.25) is 11.5 Å². The molecule has 3 fully saturated rings. The summed E-state index contributed by atoms with van der Waals surface area (Å²) in [5.41, 5.74) is -6.48. The molecule has 3 saturated heterocycles. The summed E-state index contributed by atoms with van der Waals surface area (Å²) in [5.74, 6) is -8.53. The first kappa shape index (κ1) is 24.1. The molecule has 3 aliphatic heterocycles. The number of aromatic hydroxyl groups is 2. The molecular formula is C25H24O11. The van der Waals surface area contributed by atoms with Crippen molar-refractivity contribution in [1.29, 1.82) is 0 Å². The van der Waals surface area contributed by atoms with Crippen molar-refractivity contribution in [2.75, 3.05) is 0 Å². The van der Waals surface area contributed by atoms with Gasteiger partial charge in [0.05, 0.1) is 0 Å². The summed E-state index contributed by atoms with van der Waals surface area (Å²) in [7, 11) is 0.